The predicted molar refractivity (Wildman–Crippen MR) is 83.9 cm³/mol. The molecule has 4 N–H and O–H groups in total. The van der Waals surface area contributed by atoms with Gasteiger partial charge in [-0.1, -0.05) is 18.2 Å². The highest BCUT2D eigenvalue weighted by molar-refractivity contribution is 7.99. The number of aromatic nitrogens is 1. The molecule has 0 radical (unpaired) electrons. The average Bonchev–Trinajstić information content (AvgIpc) is 3.09. The first kappa shape index (κ1) is 13.5. The van der Waals surface area contributed by atoms with Crippen LogP contribution in [-0.4, -0.2) is 34.5 Å². The number of para-hydroxylation sites is 1. The van der Waals surface area contributed by atoms with E-state index in [1.165, 1.54) is 0 Å². The maximum atomic E-state index is 12.1. The van der Waals surface area contributed by atoms with E-state index in [0.29, 0.717) is 12.5 Å². The van der Waals surface area contributed by atoms with Gasteiger partial charge in [0, 0.05) is 28.9 Å². The Hall–Kier alpha value is -1.46. The maximum Gasteiger partial charge on any atom is 0.237 e. The Labute approximate surface area is 122 Å². The van der Waals surface area contributed by atoms with E-state index in [1.807, 2.05) is 36.2 Å². The van der Waals surface area contributed by atoms with Crippen molar-refractivity contribution in [2.24, 2.45) is 5.73 Å². The third-order valence-electron chi connectivity index (χ3n) is 3.73. The number of nitrogens with two attached hydrogens (primary N) is 1. The van der Waals surface area contributed by atoms with Crippen LogP contribution in [-0.2, 0) is 11.2 Å². The fraction of sp³-hybridized carbons (Fsp3) is 0.400. The summed E-state index contributed by atoms with van der Waals surface area (Å²) in [6.45, 7) is 0. The molecule has 0 bridgehead atoms. The van der Waals surface area contributed by atoms with Gasteiger partial charge in [-0.25, -0.2) is 0 Å². The minimum atomic E-state index is -0.486. The Kier molecular flexibility index (Phi) is 3.98. The van der Waals surface area contributed by atoms with Crippen LogP contribution >= 0.6 is 11.8 Å². The first-order chi connectivity index (χ1) is 9.74. The second-order valence-corrected chi connectivity index (χ2v) is 6.39. The lowest BCUT2D eigenvalue weighted by molar-refractivity contribution is -0.122. The molecule has 1 fully saturated rings. The van der Waals surface area contributed by atoms with Gasteiger partial charge in [-0.3, -0.25) is 4.79 Å². The second kappa shape index (κ2) is 5.89. The SMILES string of the molecule is NC(Cc1c[nH]c2ccccc12)C(=O)NC1CCSC1. The molecule has 2 atom stereocenters. The normalized spacial score (nSPS) is 20.1. The van der Waals surface area contributed by atoms with Crippen molar-refractivity contribution in [1.82, 2.24) is 10.3 Å². The Morgan fingerprint density at radius 3 is 3.15 bits per heavy atom. The van der Waals surface area contributed by atoms with Crippen molar-refractivity contribution in [3.8, 4) is 0 Å². The van der Waals surface area contributed by atoms with Crippen LogP contribution in [0.25, 0.3) is 10.9 Å². The second-order valence-electron chi connectivity index (χ2n) is 5.24. The van der Waals surface area contributed by atoms with Gasteiger partial charge in [0.1, 0.15) is 0 Å². The lowest BCUT2D eigenvalue weighted by Crippen LogP contribution is -2.46. The number of fused-ring (bicyclic) bond motifs is 1. The van der Waals surface area contributed by atoms with Gasteiger partial charge in [-0.05, 0) is 30.2 Å². The van der Waals surface area contributed by atoms with E-state index in [4.69, 9.17) is 5.73 Å². The number of nitrogens with one attached hydrogen (secondary N) is 2. The molecule has 5 heteroatoms. The quantitative estimate of drug-likeness (QED) is 0.801. The van der Waals surface area contributed by atoms with Gasteiger partial charge in [0.25, 0.3) is 0 Å². The Morgan fingerprint density at radius 2 is 2.35 bits per heavy atom. The molecule has 0 saturated carbocycles. The minimum absolute atomic E-state index is 0.0391. The number of benzene rings is 1. The zero-order valence-electron chi connectivity index (χ0n) is 11.3. The molecule has 2 unspecified atom stereocenters. The molecule has 4 nitrogen and oxygen atoms in total. The zero-order valence-corrected chi connectivity index (χ0v) is 12.1. The monoisotopic (exact) mass is 289 g/mol. The van der Waals surface area contributed by atoms with Crippen LogP contribution in [0, 0.1) is 0 Å². The van der Waals surface area contributed by atoms with E-state index in [2.05, 4.69) is 16.4 Å². The number of H-pyrrole nitrogens is 1. The largest absolute Gasteiger partial charge is 0.361 e. The summed E-state index contributed by atoms with van der Waals surface area (Å²) in [4.78, 5) is 15.3. The maximum absolute atomic E-state index is 12.1. The van der Waals surface area contributed by atoms with E-state index in [9.17, 15) is 4.79 Å². The van der Waals surface area contributed by atoms with Crippen molar-refractivity contribution in [3.63, 3.8) is 0 Å². The summed E-state index contributed by atoms with van der Waals surface area (Å²) in [6.07, 6.45) is 3.56. The van der Waals surface area contributed by atoms with Crippen molar-refractivity contribution < 1.29 is 4.79 Å². The fourth-order valence-corrected chi connectivity index (χ4v) is 3.74. The van der Waals surface area contributed by atoms with Crippen molar-refractivity contribution >= 4 is 28.6 Å². The van der Waals surface area contributed by atoms with Gasteiger partial charge in [0.05, 0.1) is 6.04 Å². The smallest absolute Gasteiger partial charge is 0.237 e. The van der Waals surface area contributed by atoms with Crippen LogP contribution in [0.5, 0.6) is 0 Å². The molecule has 20 heavy (non-hydrogen) atoms. The van der Waals surface area contributed by atoms with Gasteiger partial charge in [-0.2, -0.15) is 11.8 Å². The van der Waals surface area contributed by atoms with Crippen molar-refractivity contribution in [2.45, 2.75) is 24.9 Å². The molecule has 0 aliphatic carbocycles. The molecule has 1 amide bonds. The number of rotatable bonds is 4. The predicted octanol–water partition coefficient (Wildman–Crippen LogP) is 1.66. The summed E-state index contributed by atoms with van der Waals surface area (Å²) >= 11 is 1.88. The summed E-state index contributed by atoms with van der Waals surface area (Å²) in [5, 5.41) is 4.19. The topological polar surface area (TPSA) is 70.9 Å². The molecule has 106 valence electrons. The summed E-state index contributed by atoms with van der Waals surface area (Å²) in [6, 6.07) is 7.88. The highest BCUT2D eigenvalue weighted by atomic mass is 32.2. The van der Waals surface area contributed by atoms with Gasteiger partial charge in [-0.15, -0.1) is 0 Å². The molecule has 1 saturated heterocycles. The lowest BCUT2D eigenvalue weighted by Gasteiger charge is -2.16. The van der Waals surface area contributed by atoms with Crippen molar-refractivity contribution in [2.75, 3.05) is 11.5 Å². The Morgan fingerprint density at radius 1 is 1.50 bits per heavy atom. The fourth-order valence-electron chi connectivity index (χ4n) is 2.59. The Balaban J connectivity index is 1.65. The molecular weight excluding hydrogens is 270 g/mol. The number of thioether (sulfide) groups is 1. The summed E-state index contributed by atoms with van der Waals surface area (Å²) in [5.41, 5.74) is 8.23. The third-order valence-corrected chi connectivity index (χ3v) is 4.89. The average molecular weight is 289 g/mol. The number of carbonyl (C=O) groups excluding carboxylic acids is 1. The molecule has 1 aromatic heterocycles. The van der Waals surface area contributed by atoms with Crippen LogP contribution in [0.4, 0.5) is 0 Å². The standard InChI is InChI=1S/C15H19N3OS/c16-13(15(19)18-11-5-6-20-9-11)7-10-8-17-14-4-2-1-3-12(10)14/h1-4,8,11,13,17H,5-7,9,16H2,(H,18,19). The van der Waals surface area contributed by atoms with Crippen molar-refractivity contribution in [3.05, 3.63) is 36.0 Å². The summed E-state index contributed by atoms with van der Waals surface area (Å²) in [5.74, 6) is 2.09. The molecule has 0 spiro atoms. The number of hydrogen-bond donors (Lipinski definition) is 3. The number of amides is 1. The zero-order chi connectivity index (χ0) is 13.9. The molecule has 1 aromatic carbocycles. The third kappa shape index (κ3) is 2.83. The van der Waals surface area contributed by atoms with E-state index in [0.717, 1.165) is 34.4 Å². The molecule has 1 aliphatic heterocycles. The van der Waals surface area contributed by atoms with Gasteiger partial charge in [0.2, 0.25) is 5.91 Å². The molecule has 3 rings (SSSR count). The van der Waals surface area contributed by atoms with Crippen LogP contribution < -0.4 is 11.1 Å². The molecule has 2 heterocycles. The highest BCUT2D eigenvalue weighted by Crippen LogP contribution is 2.19. The molecule has 1 aliphatic rings. The van der Waals surface area contributed by atoms with Gasteiger partial charge in [0.15, 0.2) is 0 Å². The molecule has 2 aromatic rings. The van der Waals surface area contributed by atoms with Crippen LogP contribution in [0.1, 0.15) is 12.0 Å². The van der Waals surface area contributed by atoms with Crippen LogP contribution in [0.15, 0.2) is 30.5 Å². The molecular formula is C15H19N3OS. The van der Waals surface area contributed by atoms with E-state index in [-0.39, 0.29) is 5.91 Å². The minimum Gasteiger partial charge on any atom is -0.361 e. The first-order valence-electron chi connectivity index (χ1n) is 6.93. The van der Waals surface area contributed by atoms with Crippen LogP contribution in [0.2, 0.25) is 0 Å². The van der Waals surface area contributed by atoms with E-state index < -0.39 is 6.04 Å². The van der Waals surface area contributed by atoms with Gasteiger partial charge >= 0.3 is 0 Å². The van der Waals surface area contributed by atoms with E-state index >= 15 is 0 Å². The van der Waals surface area contributed by atoms with Gasteiger partial charge < -0.3 is 16.0 Å². The highest BCUT2D eigenvalue weighted by Gasteiger charge is 2.22. The summed E-state index contributed by atoms with van der Waals surface area (Å²) in [7, 11) is 0. The van der Waals surface area contributed by atoms with E-state index in [1.54, 1.807) is 0 Å². The van der Waals surface area contributed by atoms with Crippen molar-refractivity contribution in [1.29, 1.82) is 0 Å². The summed E-state index contributed by atoms with van der Waals surface area (Å²) < 4.78 is 0. The Bertz CT molecular complexity index is 604. The van der Waals surface area contributed by atoms with Crippen LogP contribution in [0.3, 0.4) is 0 Å². The number of hydrogen-bond acceptors (Lipinski definition) is 3. The number of aromatic amines is 1. The lowest BCUT2D eigenvalue weighted by atomic mass is 10.0. The first-order valence-corrected chi connectivity index (χ1v) is 8.08. The number of carbonyl (C=O) groups is 1.